The number of esters is 1. The van der Waals surface area contributed by atoms with Crippen LogP contribution in [-0.2, 0) is 19.0 Å². The quantitative estimate of drug-likeness (QED) is 0.273. The van der Waals surface area contributed by atoms with Gasteiger partial charge in [0, 0.05) is 12.5 Å². The molecule has 212 valence electrons. The van der Waals surface area contributed by atoms with Gasteiger partial charge in [-0.25, -0.2) is 4.79 Å². The van der Waals surface area contributed by atoms with Crippen molar-refractivity contribution in [3.8, 4) is 0 Å². The number of aliphatic hydroxyl groups excluding tert-OH is 3. The van der Waals surface area contributed by atoms with Crippen LogP contribution in [0, 0.1) is 5.92 Å². The molecule has 9 atom stereocenters. The van der Waals surface area contributed by atoms with E-state index in [0.29, 0.717) is 31.8 Å². The van der Waals surface area contributed by atoms with Gasteiger partial charge in [-0.3, -0.25) is 0 Å². The topological polar surface area (TPSA) is 105 Å². The van der Waals surface area contributed by atoms with Gasteiger partial charge in [0.1, 0.15) is 12.2 Å². The number of aliphatic hydroxyl groups is 3. The van der Waals surface area contributed by atoms with E-state index in [-0.39, 0.29) is 31.2 Å². The van der Waals surface area contributed by atoms with E-state index >= 15 is 0 Å². The van der Waals surface area contributed by atoms with E-state index in [9.17, 15) is 20.1 Å². The van der Waals surface area contributed by atoms with E-state index < -0.39 is 35.8 Å². The molecule has 0 saturated carbocycles. The second-order valence-electron chi connectivity index (χ2n) is 10.9. The fraction of sp³-hybridized carbons (Fsp3) is 0.633. The lowest BCUT2D eigenvalue weighted by Crippen LogP contribution is -2.40. The summed E-state index contributed by atoms with van der Waals surface area (Å²) in [5, 5.41) is 31.3. The molecule has 0 fully saturated rings. The van der Waals surface area contributed by atoms with Crippen molar-refractivity contribution in [1.82, 2.24) is 0 Å². The van der Waals surface area contributed by atoms with Crippen LogP contribution in [0.25, 0.3) is 0 Å². The van der Waals surface area contributed by atoms with Crippen molar-refractivity contribution in [2.45, 2.75) is 107 Å². The van der Waals surface area contributed by atoms with E-state index in [1.165, 1.54) is 17.7 Å². The predicted octanol–water partition coefficient (Wildman–Crippen LogP) is 4.31. The maximum Gasteiger partial charge on any atom is 0.330 e. The standard InChI is InChI=1S/C30H43ClO7/c1-19-12-13-36-23(15-19)10-11-26(32)28-18-25(31)30(35)27(33)17-21(3)14-20(2)16-24-8-4-6-22(37-24)7-5-9-29(34)38-28/h4-6,9-12,20,22-28,30,32-33,35H,3,7-8,13-18H2,1-2H3/b9-5-,11-10?. The molecule has 0 saturated heterocycles. The minimum Gasteiger partial charge on any atom is -0.456 e. The highest BCUT2D eigenvalue weighted by Gasteiger charge is 2.32. The Bertz CT molecular complexity index is 910. The number of cyclic esters (lactones) is 1. The van der Waals surface area contributed by atoms with Crippen LogP contribution in [0.2, 0.25) is 0 Å². The number of hydrogen-bond donors (Lipinski definition) is 3. The first kappa shape index (κ1) is 30.8. The molecule has 0 spiro atoms. The fourth-order valence-corrected chi connectivity index (χ4v) is 5.49. The van der Waals surface area contributed by atoms with Crippen molar-refractivity contribution < 1.29 is 34.3 Å². The Labute approximate surface area is 231 Å². The smallest absolute Gasteiger partial charge is 0.330 e. The minimum atomic E-state index is -1.29. The first-order valence-electron chi connectivity index (χ1n) is 13.6. The zero-order valence-corrected chi connectivity index (χ0v) is 23.2. The predicted molar refractivity (Wildman–Crippen MR) is 148 cm³/mol. The molecule has 3 aliphatic rings. The third-order valence-corrected chi connectivity index (χ3v) is 7.63. The molecule has 0 aromatic carbocycles. The molecule has 0 aromatic rings. The highest BCUT2D eigenvalue weighted by molar-refractivity contribution is 6.21. The molecule has 0 aromatic heterocycles. The molecule has 9 unspecified atom stereocenters. The van der Waals surface area contributed by atoms with Gasteiger partial charge in [-0.2, -0.15) is 0 Å². The van der Waals surface area contributed by atoms with Crippen LogP contribution >= 0.6 is 11.6 Å². The second-order valence-corrected chi connectivity index (χ2v) is 11.4. The molecule has 2 bridgehead atoms. The number of rotatable bonds is 3. The van der Waals surface area contributed by atoms with Gasteiger partial charge in [-0.1, -0.05) is 61.1 Å². The number of alkyl halides is 1. The van der Waals surface area contributed by atoms with E-state index in [0.717, 1.165) is 18.4 Å². The highest BCUT2D eigenvalue weighted by Crippen LogP contribution is 2.27. The first-order valence-corrected chi connectivity index (χ1v) is 14.0. The molecule has 3 aliphatic heterocycles. The second kappa shape index (κ2) is 15.2. The van der Waals surface area contributed by atoms with Crippen LogP contribution in [0.15, 0.2) is 60.3 Å². The molecule has 0 radical (unpaired) electrons. The third-order valence-electron chi connectivity index (χ3n) is 7.20. The molecular weight excluding hydrogens is 508 g/mol. The van der Waals surface area contributed by atoms with Gasteiger partial charge in [0.05, 0.1) is 42.5 Å². The van der Waals surface area contributed by atoms with E-state index in [2.05, 4.69) is 19.6 Å². The van der Waals surface area contributed by atoms with Crippen LogP contribution < -0.4 is 0 Å². The Kier molecular flexibility index (Phi) is 12.3. The summed E-state index contributed by atoms with van der Waals surface area (Å²) in [7, 11) is 0. The molecular formula is C30H43ClO7. The molecule has 8 heteroatoms. The van der Waals surface area contributed by atoms with Gasteiger partial charge < -0.3 is 29.5 Å². The highest BCUT2D eigenvalue weighted by atomic mass is 35.5. The van der Waals surface area contributed by atoms with Gasteiger partial charge in [-0.15, -0.1) is 11.6 Å². The van der Waals surface area contributed by atoms with Gasteiger partial charge in [0.15, 0.2) is 0 Å². The van der Waals surface area contributed by atoms with Gasteiger partial charge in [0.2, 0.25) is 0 Å². The van der Waals surface area contributed by atoms with Crippen molar-refractivity contribution in [2.75, 3.05) is 6.61 Å². The van der Waals surface area contributed by atoms with Crippen molar-refractivity contribution in [1.29, 1.82) is 0 Å². The molecule has 0 aliphatic carbocycles. The Morgan fingerprint density at radius 2 is 1.95 bits per heavy atom. The third kappa shape index (κ3) is 10.1. The number of carbonyl (C=O) groups excluding carboxylic acids is 1. The average molecular weight is 551 g/mol. The number of halogens is 1. The normalized spacial score (nSPS) is 38.1. The summed E-state index contributed by atoms with van der Waals surface area (Å²) < 4.78 is 17.4. The lowest BCUT2D eigenvalue weighted by atomic mass is 9.90. The summed E-state index contributed by atoms with van der Waals surface area (Å²) in [6.07, 6.45) is 11.3. The summed E-state index contributed by atoms with van der Waals surface area (Å²) >= 11 is 6.49. The Balaban J connectivity index is 1.75. The van der Waals surface area contributed by atoms with Crippen LogP contribution in [0.5, 0.6) is 0 Å². The van der Waals surface area contributed by atoms with Gasteiger partial charge >= 0.3 is 5.97 Å². The Morgan fingerprint density at radius 1 is 1.16 bits per heavy atom. The zero-order valence-electron chi connectivity index (χ0n) is 22.5. The van der Waals surface area contributed by atoms with E-state index in [1.807, 2.05) is 19.1 Å². The van der Waals surface area contributed by atoms with Crippen molar-refractivity contribution >= 4 is 17.6 Å². The summed E-state index contributed by atoms with van der Waals surface area (Å²) in [6, 6.07) is 0. The lowest BCUT2D eigenvalue weighted by molar-refractivity contribution is -0.148. The van der Waals surface area contributed by atoms with E-state index in [4.69, 9.17) is 25.8 Å². The monoisotopic (exact) mass is 550 g/mol. The number of hydrogen-bond acceptors (Lipinski definition) is 7. The summed E-state index contributed by atoms with van der Waals surface area (Å²) in [5.41, 5.74) is 2.02. The Morgan fingerprint density at radius 3 is 2.71 bits per heavy atom. The van der Waals surface area contributed by atoms with Crippen LogP contribution in [0.1, 0.15) is 58.8 Å². The molecule has 3 rings (SSSR count). The summed E-state index contributed by atoms with van der Waals surface area (Å²) in [6.45, 7) is 8.74. The number of carbonyl (C=O) groups is 1. The molecule has 3 heterocycles. The van der Waals surface area contributed by atoms with Crippen LogP contribution in [0.4, 0.5) is 0 Å². The number of fused-ring (bicyclic) bond motifs is 2. The molecule has 3 N–H and O–H groups in total. The number of ether oxygens (including phenoxy) is 3. The lowest BCUT2D eigenvalue weighted by Gasteiger charge is -2.29. The molecule has 0 amide bonds. The maximum atomic E-state index is 12.7. The first-order chi connectivity index (χ1) is 18.1. The fourth-order valence-electron chi connectivity index (χ4n) is 5.15. The van der Waals surface area contributed by atoms with Crippen molar-refractivity contribution in [3.63, 3.8) is 0 Å². The van der Waals surface area contributed by atoms with Crippen molar-refractivity contribution in [2.24, 2.45) is 5.92 Å². The summed E-state index contributed by atoms with van der Waals surface area (Å²) in [4.78, 5) is 12.7. The van der Waals surface area contributed by atoms with Gasteiger partial charge in [0.25, 0.3) is 0 Å². The minimum absolute atomic E-state index is 0.0612. The van der Waals surface area contributed by atoms with Crippen LogP contribution in [0.3, 0.4) is 0 Å². The Hall–Kier alpha value is -1.74. The van der Waals surface area contributed by atoms with Gasteiger partial charge in [-0.05, 0) is 51.4 Å². The maximum absolute atomic E-state index is 12.7. The SMILES string of the molecule is C=C1CC(C)CC2CC=CC(C/C=C\C(=O)OC(C(O)C=CC3CC(C)=CCO3)CC(Cl)C(O)C(O)C1)O2. The summed E-state index contributed by atoms with van der Waals surface area (Å²) in [5.74, 6) is -0.340. The molecule has 38 heavy (non-hydrogen) atoms. The van der Waals surface area contributed by atoms with Crippen LogP contribution in [-0.4, -0.2) is 76.0 Å². The van der Waals surface area contributed by atoms with E-state index in [1.54, 1.807) is 12.2 Å². The largest absolute Gasteiger partial charge is 0.456 e. The average Bonchev–Trinajstić information content (AvgIpc) is 2.85. The molecule has 7 nitrogen and oxygen atoms in total. The zero-order chi connectivity index (χ0) is 27.7. The van der Waals surface area contributed by atoms with Crippen molar-refractivity contribution in [3.05, 3.63) is 60.3 Å².